The molecule has 15 rings (SSSR count). The zero-order chi connectivity index (χ0) is 62.8. The average molecular weight is 1250 g/mol. The molecule has 0 radical (unpaired) electrons. The number of anilines is 6. The highest BCUT2D eigenvalue weighted by Gasteiger charge is 2.31. The van der Waals surface area contributed by atoms with Gasteiger partial charge in [0, 0.05) is 89.9 Å². The predicted molar refractivity (Wildman–Crippen MR) is 370 cm³/mol. The van der Waals surface area contributed by atoms with Crippen LogP contribution in [0.3, 0.4) is 0 Å². The van der Waals surface area contributed by atoms with Gasteiger partial charge in [0.25, 0.3) is 0 Å². The van der Waals surface area contributed by atoms with Gasteiger partial charge in [-0.25, -0.2) is 29.9 Å². The summed E-state index contributed by atoms with van der Waals surface area (Å²) in [5.74, 6) is 2.54. The average Bonchev–Trinajstić information content (AvgIpc) is 0.790. The zero-order valence-electron chi connectivity index (χ0n) is 50.5. The molecule has 0 spiro atoms. The molecule has 12 aromatic rings. The molecule has 92 heavy (non-hydrogen) atoms. The van der Waals surface area contributed by atoms with Crippen LogP contribution >= 0.6 is 23.2 Å². The molecule has 3 atom stereocenters. The predicted octanol–water partition coefficient (Wildman–Crippen LogP) is 16.6. The number of nitrogens with zero attached hydrogens (tertiary/aromatic N) is 6. The molecule has 0 amide bonds. The minimum absolute atomic E-state index is 0.142. The second kappa shape index (κ2) is 28.5. The number of nitrogens with one attached hydrogen (secondary N) is 3. The summed E-state index contributed by atoms with van der Waals surface area (Å²) < 4.78 is 0. The number of rotatable bonds is 15. The number of aliphatic hydroxyl groups excluding tert-OH is 3. The van der Waals surface area contributed by atoms with Crippen molar-refractivity contribution >= 4 is 58.1 Å². The van der Waals surface area contributed by atoms with Gasteiger partial charge in [-0.3, -0.25) is 0 Å². The molecule has 0 bridgehead atoms. The van der Waals surface area contributed by atoms with Crippen LogP contribution in [0.5, 0.6) is 0 Å². The van der Waals surface area contributed by atoms with E-state index in [9.17, 15) is 0 Å². The lowest BCUT2D eigenvalue weighted by molar-refractivity contribution is 0.299. The maximum absolute atomic E-state index is 9.09. The SMILES string of the molecule is OCCc1ccc(Nc2ncc3c(n2)-c2ccccc2[C@@H](c2ccccc2)C3)cc1.OCCc1ccc(Nc2ncc3c(n2)-c2ccccc2[C@H](c2ccc(Cl)c(Cl)c2)C3)cc1.OCCc1ccc(Nc2ncc3c(n2)-c2ccccc2[C@H](c2ccccc2)C3)cc1. The number of hydrogen-bond acceptors (Lipinski definition) is 12. The monoisotopic (exact) mass is 1250 g/mol. The van der Waals surface area contributed by atoms with E-state index in [4.69, 9.17) is 53.5 Å². The minimum Gasteiger partial charge on any atom is -0.396 e. The van der Waals surface area contributed by atoms with Crippen LogP contribution in [0.1, 0.15) is 84.5 Å². The molecule has 0 fully saturated rings. The van der Waals surface area contributed by atoms with E-state index < -0.39 is 0 Å². The molecular formula is C78H67Cl2N9O3. The van der Waals surface area contributed by atoms with Crippen molar-refractivity contribution in [2.45, 2.75) is 56.3 Å². The van der Waals surface area contributed by atoms with Gasteiger partial charge >= 0.3 is 0 Å². The third-order valence-electron chi connectivity index (χ3n) is 17.2. The van der Waals surface area contributed by atoms with Crippen LogP contribution in [0.15, 0.2) is 243 Å². The standard InChI is InChI=1S/C26H21Cl2N3O.2C26H23N3O/c27-23-10-7-17(14-24(23)28)22-13-18-15-29-26(30-19-8-5-16(6-9-19)11-12-32)31-25(18)21-4-2-1-3-20(21)22;2*30-15-14-18-10-12-21(13-11-18)28-26-27-17-20-16-24(19-6-2-1-3-7-19)22-8-4-5-9-23(22)25(20)29-26/h1-10,14-15,22,32H,11-13H2,(H,29,30,31);2*1-13,17,24,30H,14-16H2,(H,27,28,29)/t22-;2*24-/m010/s1. The summed E-state index contributed by atoms with van der Waals surface area (Å²) in [7, 11) is 0. The summed E-state index contributed by atoms with van der Waals surface area (Å²) in [5, 5.41) is 38.3. The van der Waals surface area contributed by atoms with Crippen LogP contribution in [0.25, 0.3) is 33.8 Å². The fraction of sp³-hybridized carbons (Fsp3) is 0.154. The van der Waals surface area contributed by atoms with E-state index >= 15 is 0 Å². The van der Waals surface area contributed by atoms with Crippen LogP contribution < -0.4 is 16.0 Å². The molecule has 0 saturated carbocycles. The molecule has 3 heterocycles. The summed E-state index contributed by atoms with van der Waals surface area (Å²) in [6.07, 6.45) is 10.4. The number of halogens is 2. The summed E-state index contributed by atoms with van der Waals surface area (Å²) in [4.78, 5) is 28.3. The van der Waals surface area contributed by atoms with Gasteiger partial charge < -0.3 is 31.3 Å². The first-order valence-corrected chi connectivity index (χ1v) is 31.8. The molecule has 0 saturated heterocycles. The Labute approximate surface area is 545 Å². The fourth-order valence-corrected chi connectivity index (χ4v) is 12.9. The fourth-order valence-electron chi connectivity index (χ4n) is 12.6. The number of aliphatic hydroxyl groups is 3. The van der Waals surface area contributed by atoms with Crippen molar-refractivity contribution in [3.05, 3.63) is 320 Å². The van der Waals surface area contributed by atoms with Crippen molar-refractivity contribution in [2.24, 2.45) is 0 Å². The van der Waals surface area contributed by atoms with Crippen LogP contribution in [-0.4, -0.2) is 65.0 Å². The van der Waals surface area contributed by atoms with Crippen molar-refractivity contribution in [1.29, 1.82) is 0 Å². The maximum Gasteiger partial charge on any atom is 0.227 e. The number of benzene rings is 9. The van der Waals surface area contributed by atoms with Gasteiger partial charge in [-0.05, 0) is 154 Å². The molecular weight excluding hydrogens is 1180 g/mol. The van der Waals surface area contributed by atoms with Crippen LogP contribution in [0.4, 0.5) is 34.9 Å². The summed E-state index contributed by atoms with van der Waals surface area (Å²) >= 11 is 12.4. The Morgan fingerprint density at radius 1 is 0.337 bits per heavy atom. The molecule has 9 aromatic carbocycles. The number of fused-ring (bicyclic) bond motifs is 9. The third kappa shape index (κ3) is 13.9. The maximum atomic E-state index is 9.09. The number of aromatic nitrogens is 6. The first-order valence-electron chi connectivity index (χ1n) is 31.1. The Morgan fingerprint density at radius 3 is 0.978 bits per heavy atom. The van der Waals surface area contributed by atoms with E-state index in [0.717, 1.165) is 86.8 Å². The molecule has 3 aliphatic rings. The van der Waals surface area contributed by atoms with Crippen molar-refractivity contribution in [2.75, 3.05) is 35.8 Å². The van der Waals surface area contributed by atoms with Crippen molar-refractivity contribution < 1.29 is 15.3 Å². The Kier molecular flexibility index (Phi) is 18.9. The highest BCUT2D eigenvalue weighted by Crippen LogP contribution is 2.46. The lowest BCUT2D eigenvalue weighted by Gasteiger charge is -2.27. The second-order valence-electron chi connectivity index (χ2n) is 23.1. The Morgan fingerprint density at radius 2 is 0.652 bits per heavy atom. The highest BCUT2D eigenvalue weighted by molar-refractivity contribution is 6.42. The quantitative estimate of drug-likeness (QED) is 0.0574. The van der Waals surface area contributed by atoms with Gasteiger partial charge in [0.15, 0.2) is 0 Å². The van der Waals surface area contributed by atoms with Gasteiger partial charge in [0.2, 0.25) is 17.8 Å². The van der Waals surface area contributed by atoms with Gasteiger partial charge in [0.05, 0.1) is 27.1 Å². The largest absolute Gasteiger partial charge is 0.396 e. The second-order valence-corrected chi connectivity index (χ2v) is 23.9. The Bertz CT molecular complexity index is 4320. The van der Waals surface area contributed by atoms with E-state index in [1.54, 1.807) is 0 Å². The number of hydrogen-bond donors (Lipinski definition) is 6. The highest BCUT2D eigenvalue weighted by atomic mass is 35.5. The molecule has 12 nitrogen and oxygen atoms in total. The summed E-state index contributed by atoms with van der Waals surface area (Å²) in [5.41, 5.74) is 23.6. The molecule has 6 N–H and O–H groups in total. The normalized spacial score (nSPS) is 14.6. The van der Waals surface area contributed by atoms with E-state index in [0.29, 0.717) is 59.0 Å². The van der Waals surface area contributed by atoms with Gasteiger partial charge in [0.1, 0.15) is 0 Å². The van der Waals surface area contributed by atoms with Gasteiger partial charge in [-0.2, -0.15) is 0 Å². The first-order chi connectivity index (χ1) is 45.2. The molecule has 0 unspecified atom stereocenters. The van der Waals surface area contributed by atoms with Crippen LogP contribution in [0, 0.1) is 0 Å². The van der Waals surface area contributed by atoms with Crippen molar-refractivity contribution in [3.8, 4) is 33.8 Å². The minimum atomic E-state index is 0.142. The van der Waals surface area contributed by atoms with Crippen LogP contribution in [0.2, 0.25) is 10.0 Å². The third-order valence-corrected chi connectivity index (χ3v) is 18.0. The Hall–Kier alpha value is -9.92. The molecule has 456 valence electrons. The van der Waals surface area contributed by atoms with E-state index in [-0.39, 0.29) is 25.7 Å². The zero-order valence-corrected chi connectivity index (χ0v) is 52.0. The van der Waals surface area contributed by atoms with Crippen molar-refractivity contribution in [1.82, 2.24) is 29.9 Å². The molecule has 3 aromatic heterocycles. The van der Waals surface area contributed by atoms with Crippen molar-refractivity contribution in [3.63, 3.8) is 0 Å². The van der Waals surface area contributed by atoms with Gasteiger partial charge in [-0.1, -0.05) is 199 Å². The van der Waals surface area contributed by atoms with Crippen LogP contribution in [-0.2, 0) is 38.5 Å². The summed E-state index contributed by atoms with van der Waals surface area (Å²) in [6, 6.07) is 76.6. The van der Waals surface area contributed by atoms with E-state index in [2.05, 4.69) is 158 Å². The molecule has 14 heteroatoms. The lowest BCUT2D eigenvalue weighted by atomic mass is 9.78. The van der Waals surface area contributed by atoms with Gasteiger partial charge in [-0.15, -0.1) is 0 Å². The summed E-state index contributed by atoms with van der Waals surface area (Å²) in [6.45, 7) is 0.456. The Balaban J connectivity index is 0.000000126. The van der Waals surface area contributed by atoms with E-state index in [1.165, 1.54) is 50.1 Å². The van der Waals surface area contributed by atoms with E-state index in [1.807, 2.05) is 116 Å². The smallest absolute Gasteiger partial charge is 0.227 e. The first kappa shape index (κ1) is 61.0. The molecule has 0 aliphatic heterocycles. The topological polar surface area (TPSA) is 174 Å². The lowest BCUT2D eigenvalue weighted by Crippen LogP contribution is -2.15. The molecule has 3 aliphatic carbocycles.